The van der Waals surface area contributed by atoms with Crippen LogP contribution in [0.3, 0.4) is 0 Å². The lowest BCUT2D eigenvalue weighted by Crippen LogP contribution is -2.12. The highest BCUT2D eigenvalue weighted by Gasteiger charge is 2.13. The fourth-order valence-corrected chi connectivity index (χ4v) is 3.24. The van der Waals surface area contributed by atoms with Crippen molar-refractivity contribution < 1.29 is 0 Å². The van der Waals surface area contributed by atoms with Crippen molar-refractivity contribution in [2.24, 2.45) is 0 Å². The SMILES string of the molecule is Nn1c(SCc2ccc(Cl)cc2Cl)nnc1-c1ccccn1. The molecule has 0 spiro atoms. The van der Waals surface area contributed by atoms with Crippen LogP contribution in [0.1, 0.15) is 5.56 Å². The van der Waals surface area contributed by atoms with Gasteiger partial charge in [-0.25, -0.2) is 4.68 Å². The second-order valence-corrected chi connectivity index (χ2v) is 6.20. The maximum atomic E-state index is 6.15. The van der Waals surface area contributed by atoms with Gasteiger partial charge in [-0.3, -0.25) is 4.98 Å². The number of aromatic nitrogens is 4. The molecule has 1 aromatic carbocycles. The highest BCUT2D eigenvalue weighted by Crippen LogP contribution is 2.28. The first-order valence-corrected chi connectivity index (χ1v) is 8.08. The number of rotatable bonds is 4. The second kappa shape index (κ2) is 6.56. The lowest BCUT2D eigenvalue weighted by Gasteiger charge is -2.05. The van der Waals surface area contributed by atoms with Crippen molar-refractivity contribution in [3.63, 3.8) is 0 Å². The lowest BCUT2D eigenvalue weighted by atomic mass is 10.2. The third kappa shape index (κ3) is 3.19. The standard InChI is InChI=1S/C14H11Cl2N5S/c15-10-5-4-9(11(16)7-10)8-22-14-20-19-13(21(14)17)12-3-1-2-6-18-12/h1-7H,8,17H2. The van der Waals surface area contributed by atoms with Crippen molar-refractivity contribution in [1.82, 2.24) is 19.9 Å². The number of nitrogens with zero attached hydrogens (tertiary/aromatic N) is 4. The summed E-state index contributed by atoms with van der Waals surface area (Å²) in [6.45, 7) is 0. The van der Waals surface area contributed by atoms with E-state index in [1.54, 1.807) is 18.3 Å². The molecule has 0 aliphatic carbocycles. The molecule has 22 heavy (non-hydrogen) atoms. The summed E-state index contributed by atoms with van der Waals surface area (Å²) < 4.78 is 1.43. The first-order valence-electron chi connectivity index (χ1n) is 6.34. The minimum absolute atomic E-state index is 0.519. The van der Waals surface area contributed by atoms with E-state index in [0.717, 1.165) is 5.56 Å². The number of hydrogen-bond acceptors (Lipinski definition) is 5. The van der Waals surface area contributed by atoms with E-state index in [-0.39, 0.29) is 0 Å². The Hall–Kier alpha value is -1.76. The van der Waals surface area contributed by atoms with Gasteiger partial charge in [0.15, 0.2) is 0 Å². The summed E-state index contributed by atoms with van der Waals surface area (Å²) in [7, 11) is 0. The van der Waals surface area contributed by atoms with E-state index in [2.05, 4.69) is 15.2 Å². The predicted octanol–water partition coefficient (Wildman–Crippen LogP) is 3.65. The Bertz CT molecular complexity index is 791. The summed E-state index contributed by atoms with van der Waals surface area (Å²) in [5.41, 5.74) is 1.63. The Morgan fingerprint density at radius 2 is 2.00 bits per heavy atom. The van der Waals surface area contributed by atoms with Gasteiger partial charge >= 0.3 is 0 Å². The van der Waals surface area contributed by atoms with Crippen LogP contribution < -0.4 is 5.84 Å². The minimum atomic E-state index is 0.519. The molecule has 2 N–H and O–H groups in total. The zero-order chi connectivity index (χ0) is 15.5. The summed E-state index contributed by atoms with van der Waals surface area (Å²) in [5, 5.41) is 10.00. The Kier molecular flexibility index (Phi) is 4.52. The summed E-state index contributed by atoms with van der Waals surface area (Å²) >= 11 is 13.5. The van der Waals surface area contributed by atoms with Crippen molar-refractivity contribution in [2.75, 3.05) is 5.84 Å². The normalized spacial score (nSPS) is 10.8. The molecule has 0 aliphatic heterocycles. The molecule has 3 rings (SSSR count). The Morgan fingerprint density at radius 1 is 1.14 bits per heavy atom. The summed E-state index contributed by atoms with van der Waals surface area (Å²) in [6, 6.07) is 10.9. The van der Waals surface area contributed by atoms with Crippen LogP contribution in [0, 0.1) is 0 Å². The summed E-state index contributed by atoms with van der Waals surface area (Å²) in [5.74, 6) is 7.18. The third-order valence-corrected chi connectivity index (χ3v) is 4.51. The molecule has 5 nitrogen and oxygen atoms in total. The highest BCUT2D eigenvalue weighted by molar-refractivity contribution is 7.98. The number of nitrogen functional groups attached to an aromatic ring is 1. The van der Waals surface area contributed by atoms with Crippen LogP contribution >= 0.6 is 35.0 Å². The van der Waals surface area contributed by atoms with Crippen LogP contribution in [0.5, 0.6) is 0 Å². The molecular weight excluding hydrogens is 341 g/mol. The molecule has 0 atom stereocenters. The molecule has 0 saturated carbocycles. The van der Waals surface area contributed by atoms with Crippen LogP contribution in [0.2, 0.25) is 10.0 Å². The molecule has 0 fully saturated rings. The molecule has 112 valence electrons. The quantitative estimate of drug-likeness (QED) is 0.573. The van der Waals surface area contributed by atoms with Crippen molar-refractivity contribution >= 4 is 35.0 Å². The van der Waals surface area contributed by atoms with E-state index < -0.39 is 0 Å². The fourth-order valence-electron chi connectivity index (χ4n) is 1.83. The maximum Gasteiger partial charge on any atom is 0.210 e. The number of nitrogens with two attached hydrogens (primary N) is 1. The van der Waals surface area contributed by atoms with Gasteiger partial charge in [-0.1, -0.05) is 47.1 Å². The molecule has 8 heteroatoms. The number of pyridine rings is 1. The summed E-state index contributed by atoms with van der Waals surface area (Å²) in [4.78, 5) is 4.22. The van der Waals surface area contributed by atoms with E-state index in [1.807, 2.05) is 24.3 Å². The molecule has 0 amide bonds. The van der Waals surface area contributed by atoms with Crippen molar-refractivity contribution in [1.29, 1.82) is 0 Å². The predicted molar refractivity (Wildman–Crippen MR) is 89.4 cm³/mol. The Labute approximate surface area is 141 Å². The Balaban J connectivity index is 1.78. The van der Waals surface area contributed by atoms with Crippen LogP contribution in [0.15, 0.2) is 47.8 Å². The first-order chi connectivity index (χ1) is 10.6. The molecule has 2 aromatic heterocycles. The molecule has 0 radical (unpaired) electrons. The van der Waals surface area contributed by atoms with Gasteiger partial charge in [0.25, 0.3) is 0 Å². The monoisotopic (exact) mass is 351 g/mol. The number of hydrogen-bond donors (Lipinski definition) is 1. The van der Waals surface area contributed by atoms with Gasteiger partial charge in [-0.15, -0.1) is 10.2 Å². The third-order valence-electron chi connectivity index (χ3n) is 2.93. The van der Waals surface area contributed by atoms with Gasteiger partial charge in [0.1, 0.15) is 5.69 Å². The summed E-state index contributed by atoms with van der Waals surface area (Å²) in [6.07, 6.45) is 1.68. The lowest BCUT2D eigenvalue weighted by molar-refractivity contribution is 0.848. The van der Waals surface area contributed by atoms with E-state index >= 15 is 0 Å². The first kappa shape index (κ1) is 15.1. The molecule has 0 aliphatic rings. The smallest absolute Gasteiger partial charge is 0.210 e. The molecular formula is C14H11Cl2N5S. The zero-order valence-electron chi connectivity index (χ0n) is 11.3. The second-order valence-electron chi connectivity index (χ2n) is 4.42. The molecule has 0 saturated heterocycles. The van der Waals surface area contributed by atoms with E-state index in [0.29, 0.717) is 32.5 Å². The van der Waals surface area contributed by atoms with Crippen LogP contribution in [0.25, 0.3) is 11.5 Å². The van der Waals surface area contributed by atoms with Gasteiger partial charge in [0, 0.05) is 22.0 Å². The van der Waals surface area contributed by atoms with E-state index in [4.69, 9.17) is 29.0 Å². The molecule has 0 bridgehead atoms. The largest absolute Gasteiger partial charge is 0.335 e. The fraction of sp³-hybridized carbons (Fsp3) is 0.0714. The van der Waals surface area contributed by atoms with Crippen LogP contribution in [0.4, 0.5) is 0 Å². The average Bonchev–Trinajstić information content (AvgIpc) is 2.88. The number of halogens is 2. The molecule has 0 unspecified atom stereocenters. The maximum absolute atomic E-state index is 6.15. The number of thioether (sulfide) groups is 1. The van der Waals surface area contributed by atoms with Crippen LogP contribution in [-0.4, -0.2) is 19.9 Å². The van der Waals surface area contributed by atoms with Crippen LogP contribution in [-0.2, 0) is 5.75 Å². The molecule has 2 heterocycles. The Morgan fingerprint density at radius 3 is 2.73 bits per heavy atom. The number of benzene rings is 1. The van der Waals surface area contributed by atoms with Gasteiger partial charge < -0.3 is 5.84 Å². The van der Waals surface area contributed by atoms with Gasteiger partial charge in [0.2, 0.25) is 11.0 Å². The topological polar surface area (TPSA) is 69.6 Å². The van der Waals surface area contributed by atoms with Crippen molar-refractivity contribution in [2.45, 2.75) is 10.9 Å². The van der Waals surface area contributed by atoms with Crippen molar-refractivity contribution in [3.05, 3.63) is 58.2 Å². The highest BCUT2D eigenvalue weighted by atomic mass is 35.5. The molecule has 3 aromatic rings. The minimum Gasteiger partial charge on any atom is -0.335 e. The van der Waals surface area contributed by atoms with E-state index in [1.165, 1.54) is 16.4 Å². The van der Waals surface area contributed by atoms with Gasteiger partial charge in [-0.2, -0.15) is 0 Å². The van der Waals surface area contributed by atoms with Gasteiger partial charge in [-0.05, 0) is 29.8 Å². The van der Waals surface area contributed by atoms with Crippen molar-refractivity contribution in [3.8, 4) is 11.5 Å². The van der Waals surface area contributed by atoms with E-state index in [9.17, 15) is 0 Å². The van der Waals surface area contributed by atoms with Gasteiger partial charge in [0.05, 0.1) is 0 Å². The average molecular weight is 352 g/mol. The zero-order valence-corrected chi connectivity index (χ0v) is 13.6.